The summed E-state index contributed by atoms with van der Waals surface area (Å²) in [5.74, 6) is -0.680. The van der Waals surface area contributed by atoms with Crippen LogP contribution in [0.4, 0.5) is 19.0 Å². The Labute approximate surface area is 252 Å². The summed E-state index contributed by atoms with van der Waals surface area (Å²) in [4.78, 5) is 18.3. The maximum Gasteiger partial charge on any atom is 0.319 e. The second-order valence-electron chi connectivity index (χ2n) is 12.4. The summed E-state index contributed by atoms with van der Waals surface area (Å²) in [6.07, 6.45) is 1.92. The van der Waals surface area contributed by atoms with Gasteiger partial charge in [-0.15, -0.1) is 0 Å². The van der Waals surface area contributed by atoms with E-state index in [1.165, 1.54) is 18.2 Å². The zero-order chi connectivity index (χ0) is 30.2. The van der Waals surface area contributed by atoms with Crippen molar-refractivity contribution in [2.75, 3.05) is 50.8 Å². The Kier molecular flexibility index (Phi) is 6.49. The average Bonchev–Trinajstić information content (AvgIpc) is 3.53. The number of ether oxygens (including phenoxy) is 2. The number of anilines is 1. The minimum absolute atomic E-state index is 0.00104. The number of hydrogen-bond acceptors (Lipinski definition) is 9. The molecule has 2 aromatic heterocycles. The van der Waals surface area contributed by atoms with Crippen molar-refractivity contribution in [2.45, 2.75) is 50.4 Å². The van der Waals surface area contributed by atoms with Crippen LogP contribution in [0.25, 0.3) is 32.9 Å². The van der Waals surface area contributed by atoms with Gasteiger partial charge in [-0.05, 0) is 60.8 Å². The number of alkyl halides is 1. The van der Waals surface area contributed by atoms with Gasteiger partial charge in [-0.2, -0.15) is 9.97 Å². The molecule has 2 aromatic carbocycles. The first-order chi connectivity index (χ1) is 21.3. The Morgan fingerprint density at radius 1 is 1.16 bits per heavy atom. The predicted octanol–water partition coefficient (Wildman–Crippen LogP) is 4.65. The first-order valence-corrected chi connectivity index (χ1v) is 15.3. The van der Waals surface area contributed by atoms with Gasteiger partial charge in [0.25, 0.3) is 0 Å². The number of aromatic nitrogens is 3. The summed E-state index contributed by atoms with van der Waals surface area (Å²) in [5.41, 5.74) is -0.0563. The molecule has 4 aliphatic heterocycles. The number of hydrogen-bond donors (Lipinski definition) is 2. The van der Waals surface area contributed by atoms with Crippen molar-refractivity contribution in [3.63, 3.8) is 0 Å². The molecule has 0 amide bonds. The number of pyridine rings is 1. The summed E-state index contributed by atoms with van der Waals surface area (Å²) in [6, 6.07) is 5.81. The molecule has 3 fully saturated rings. The second-order valence-corrected chi connectivity index (χ2v) is 12.4. The van der Waals surface area contributed by atoms with Crippen LogP contribution < -0.4 is 19.7 Å². The number of halogens is 3. The number of phenolic OH excluding ortho intramolecular Hbond substituents is 1. The molecule has 8 rings (SSSR count). The highest BCUT2D eigenvalue weighted by molar-refractivity contribution is 6.03. The van der Waals surface area contributed by atoms with E-state index in [0.717, 1.165) is 25.9 Å². The van der Waals surface area contributed by atoms with E-state index < -0.39 is 23.3 Å². The van der Waals surface area contributed by atoms with E-state index in [1.807, 2.05) is 0 Å². The van der Waals surface area contributed by atoms with Gasteiger partial charge >= 0.3 is 6.01 Å². The Morgan fingerprint density at radius 3 is 2.93 bits per heavy atom. The summed E-state index contributed by atoms with van der Waals surface area (Å²) < 4.78 is 58.5. The van der Waals surface area contributed by atoms with E-state index in [-0.39, 0.29) is 47.1 Å². The fourth-order valence-electron chi connectivity index (χ4n) is 7.69. The van der Waals surface area contributed by atoms with Crippen LogP contribution in [-0.2, 0) is 0 Å². The van der Waals surface area contributed by atoms with Gasteiger partial charge in [0.1, 0.15) is 46.8 Å². The van der Waals surface area contributed by atoms with E-state index >= 15 is 4.39 Å². The third-order valence-corrected chi connectivity index (χ3v) is 9.81. The molecule has 12 heteroatoms. The van der Waals surface area contributed by atoms with Crippen molar-refractivity contribution in [1.82, 2.24) is 25.2 Å². The monoisotopic (exact) mass is 606 g/mol. The lowest BCUT2D eigenvalue weighted by molar-refractivity contribution is 0.107. The van der Waals surface area contributed by atoms with Crippen LogP contribution in [0.2, 0.25) is 0 Å². The lowest BCUT2D eigenvalue weighted by atomic mass is 9.95. The van der Waals surface area contributed by atoms with Crippen molar-refractivity contribution in [1.29, 1.82) is 0 Å². The maximum atomic E-state index is 16.9. The van der Waals surface area contributed by atoms with Crippen molar-refractivity contribution in [3.8, 4) is 28.9 Å². The summed E-state index contributed by atoms with van der Waals surface area (Å²) in [5, 5.41) is 15.3. The highest BCUT2D eigenvalue weighted by Crippen LogP contribution is 2.44. The molecule has 0 bridgehead atoms. The van der Waals surface area contributed by atoms with Crippen LogP contribution in [0.3, 0.4) is 0 Å². The first-order valence-electron chi connectivity index (χ1n) is 15.3. The molecule has 3 atom stereocenters. The SMILES string of the molecule is Cc1c(F)ccc2cc(O)cc(-c3nc4c5c(nc(OC[C@@]67CCCN6C[C@H](F)C7)nc5c3F)N3CCNC[C@H]3CCO4)c12. The summed E-state index contributed by atoms with van der Waals surface area (Å²) in [6.45, 7) is 5.42. The highest BCUT2D eigenvalue weighted by atomic mass is 19.1. The topological polar surface area (TPSA) is 95.9 Å². The van der Waals surface area contributed by atoms with Gasteiger partial charge in [0.05, 0.1) is 12.1 Å². The van der Waals surface area contributed by atoms with E-state index in [4.69, 9.17) is 14.5 Å². The van der Waals surface area contributed by atoms with Gasteiger partial charge in [0.2, 0.25) is 5.88 Å². The van der Waals surface area contributed by atoms with E-state index in [2.05, 4.69) is 25.1 Å². The Morgan fingerprint density at radius 2 is 2.05 bits per heavy atom. The molecule has 0 saturated carbocycles. The van der Waals surface area contributed by atoms with Crippen molar-refractivity contribution < 1.29 is 27.8 Å². The molecule has 0 unspecified atom stereocenters. The molecule has 6 heterocycles. The van der Waals surface area contributed by atoms with Crippen LogP contribution in [0.5, 0.6) is 17.6 Å². The zero-order valence-electron chi connectivity index (χ0n) is 24.4. The normalized spacial score (nSPS) is 25.0. The number of aryl methyl sites for hydroxylation is 1. The van der Waals surface area contributed by atoms with E-state index in [1.54, 1.807) is 13.0 Å². The van der Waals surface area contributed by atoms with Crippen LogP contribution in [0, 0.1) is 18.6 Å². The van der Waals surface area contributed by atoms with E-state index in [9.17, 15) is 13.9 Å². The van der Waals surface area contributed by atoms with E-state index in [0.29, 0.717) is 66.6 Å². The van der Waals surface area contributed by atoms with Gasteiger partial charge < -0.3 is 24.8 Å². The fourth-order valence-corrected chi connectivity index (χ4v) is 7.69. The van der Waals surface area contributed by atoms with Crippen LogP contribution in [-0.4, -0.2) is 88.6 Å². The smallest absolute Gasteiger partial charge is 0.319 e. The lowest BCUT2D eigenvalue weighted by Gasteiger charge is -2.39. The number of nitrogens with zero attached hydrogens (tertiary/aromatic N) is 5. The number of rotatable bonds is 4. The largest absolute Gasteiger partial charge is 0.508 e. The minimum Gasteiger partial charge on any atom is -0.508 e. The Balaban J connectivity index is 1.33. The average molecular weight is 607 g/mol. The molecule has 230 valence electrons. The number of nitrogens with one attached hydrogen (secondary N) is 1. The second kappa shape index (κ2) is 10.3. The first kappa shape index (κ1) is 27.6. The maximum absolute atomic E-state index is 16.9. The van der Waals surface area contributed by atoms with Gasteiger partial charge in [-0.1, -0.05) is 6.07 Å². The van der Waals surface area contributed by atoms with Gasteiger partial charge in [0.15, 0.2) is 5.82 Å². The molecule has 3 saturated heterocycles. The molecule has 2 N–H and O–H groups in total. The highest BCUT2D eigenvalue weighted by Gasteiger charge is 2.49. The van der Waals surface area contributed by atoms with Crippen LogP contribution >= 0.6 is 0 Å². The Bertz CT molecular complexity index is 1810. The molecule has 0 radical (unpaired) electrons. The standard InChI is InChI=1S/C32H33F3N6O3/c1-17-23(34)4-3-18-11-21(42)12-22(24(17)18)27-26(35)28-25-29(41-9-7-36-14-20(41)5-10-43-30(25)37-27)39-31(38-28)44-16-32-6-2-8-40(32)15-19(33)13-32/h3-4,11-12,19-20,36,42H,2,5-10,13-16H2,1H3/t19-,20-,32+/m1/s1. The third-order valence-electron chi connectivity index (χ3n) is 9.81. The van der Waals surface area contributed by atoms with Crippen LogP contribution in [0.1, 0.15) is 31.2 Å². The lowest BCUT2D eigenvalue weighted by Crippen LogP contribution is -2.52. The van der Waals surface area contributed by atoms with Gasteiger partial charge in [-0.3, -0.25) is 4.90 Å². The molecule has 9 nitrogen and oxygen atoms in total. The summed E-state index contributed by atoms with van der Waals surface area (Å²) >= 11 is 0. The third kappa shape index (κ3) is 4.33. The number of piperazine rings is 1. The molecule has 0 spiro atoms. The molecular formula is C32H33F3N6O3. The number of aromatic hydroxyl groups is 1. The predicted molar refractivity (Wildman–Crippen MR) is 159 cm³/mol. The van der Waals surface area contributed by atoms with Crippen LogP contribution in [0.15, 0.2) is 24.3 Å². The molecule has 4 aliphatic rings. The Hall–Kier alpha value is -3.90. The van der Waals surface area contributed by atoms with Gasteiger partial charge in [0, 0.05) is 50.6 Å². The van der Waals surface area contributed by atoms with Crippen molar-refractivity contribution in [3.05, 3.63) is 41.5 Å². The molecule has 4 aromatic rings. The fraction of sp³-hybridized carbons (Fsp3) is 0.469. The van der Waals surface area contributed by atoms with Crippen molar-refractivity contribution in [2.24, 2.45) is 0 Å². The zero-order valence-corrected chi connectivity index (χ0v) is 24.4. The van der Waals surface area contributed by atoms with Crippen molar-refractivity contribution >= 4 is 27.5 Å². The summed E-state index contributed by atoms with van der Waals surface area (Å²) in [7, 11) is 0. The minimum atomic E-state index is -0.914. The molecular weight excluding hydrogens is 573 g/mol. The number of fused-ring (bicyclic) bond motifs is 4. The number of benzene rings is 2. The number of phenols is 1. The van der Waals surface area contributed by atoms with Gasteiger partial charge in [-0.25, -0.2) is 18.2 Å². The molecule has 44 heavy (non-hydrogen) atoms. The quantitative estimate of drug-likeness (QED) is 0.344. The molecule has 0 aliphatic carbocycles.